The third kappa shape index (κ3) is 4.53. The van der Waals surface area contributed by atoms with Crippen LogP contribution in [0, 0.1) is 12.7 Å². The molecule has 7 heteroatoms. The zero-order valence-corrected chi connectivity index (χ0v) is 19.1. The SMILES string of the molecule is COc1cc(C(=O)CCC(O)c2cc(Cl)cc(-c3csc4c(F)cccc34)n2)ccc1C. The average Bonchev–Trinajstić information content (AvgIpc) is 3.22. The molecule has 164 valence electrons. The number of halogens is 2. The lowest BCUT2D eigenvalue weighted by Gasteiger charge is -2.12. The summed E-state index contributed by atoms with van der Waals surface area (Å²) in [5.74, 6) is 0.271. The number of aliphatic hydroxyl groups excluding tert-OH is 1. The van der Waals surface area contributed by atoms with E-state index in [0.717, 1.165) is 16.5 Å². The van der Waals surface area contributed by atoms with E-state index >= 15 is 0 Å². The number of benzene rings is 2. The minimum absolute atomic E-state index is 0.0936. The molecule has 2 aromatic carbocycles. The van der Waals surface area contributed by atoms with E-state index in [1.165, 1.54) is 17.4 Å². The van der Waals surface area contributed by atoms with Crippen LogP contribution in [-0.2, 0) is 0 Å². The van der Waals surface area contributed by atoms with Gasteiger partial charge in [-0.3, -0.25) is 4.79 Å². The van der Waals surface area contributed by atoms with Gasteiger partial charge in [-0.1, -0.05) is 35.9 Å². The number of aliphatic hydroxyl groups is 1. The fourth-order valence-corrected chi connectivity index (χ4v) is 4.78. The first-order valence-corrected chi connectivity index (χ1v) is 11.3. The smallest absolute Gasteiger partial charge is 0.163 e. The molecule has 0 saturated carbocycles. The van der Waals surface area contributed by atoms with Crippen molar-refractivity contribution in [3.8, 4) is 17.0 Å². The van der Waals surface area contributed by atoms with Gasteiger partial charge in [-0.25, -0.2) is 9.37 Å². The van der Waals surface area contributed by atoms with Crippen molar-refractivity contribution in [1.29, 1.82) is 0 Å². The predicted molar refractivity (Wildman–Crippen MR) is 126 cm³/mol. The standard InChI is InChI=1S/C25H21ClFNO3S/c1-14-6-7-15(10-24(14)31-2)22(29)8-9-23(30)21-12-16(26)11-20(28-21)18-13-32-25-17(18)4-3-5-19(25)27/h3-7,10-13,23,30H,8-9H2,1-2H3. The molecule has 0 fully saturated rings. The Hall–Kier alpha value is -2.80. The van der Waals surface area contributed by atoms with Crippen LogP contribution in [-0.4, -0.2) is 23.0 Å². The number of hydrogen-bond donors (Lipinski definition) is 1. The molecule has 0 spiro atoms. The molecule has 1 N–H and O–H groups in total. The molecule has 32 heavy (non-hydrogen) atoms. The van der Waals surface area contributed by atoms with Crippen LogP contribution in [0.25, 0.3) is 21.3 Å². The van der Waals surface area contributed by atoms with Crippen LogP contribution in [0.3, 0.4) is 0 Å². The normalized spacial score (nSPS) is 12.2. The van der Waals surface area contributed by atoms with Crippen molar-refractivity contribution in [2.24, 2.45) is 0 Å². The van der Waals surface area contributed by atoms with Crippen LogP contribution >= 0.6 is 22.9 Å². The van der Waals surface area contributed by atoms with Crippen LogP contribution in [0.2, 0.25) is 5.02 Å². The Morgan fingerprint density at radius 3 is 2.84 bits per heavy atom. The predicted octanol–water partition coefficient (Wildman–Crippen LogP) is 6.77. The van der Waals surface area contributed by atoms with Crippen molar-refractivity contribution in [3.05, 3.63) is 81.6 Å². The van der Waals surface area contributed by atoms with Crippen molar-refractivity contribution < 1.29 is 19.0 Å². The Morgan fingerprint density at radius 1 is 1.25 bits per heavy atom. The van der Waals surface area contributed by atoms with Crippen LogP contribution < -0.4 is 4.74 Å². The first-order chi connectivity index (χ1) is 15.4. The van der Waals surface area contributed by atoms with E-state index in [4.69, 9.17) is 16.3 Å². The molecule has 0 bridgehead atoms. The highest BCUT2D eigenvalue weighted by Crippen LogP contribution is 2.36. The topological polar surface area (TPSA) is 59.4 Å². The van der Waals surface area contributed by atoms with Crippen LogP contribution in [0.1, 0.15) is 40.6 Å². The Bertz CT molecular complexity index is 1300. The number of Topliss-reactive ketones (excluding diaryl/α,β-unsaturated/α-hetero) is 1. The fraction of sp³-hybridized carbons (Fsp3) is 0.200. The first kappa shape index (κ1) is 22.4. The van der Waals surface area contributed by atoms with Crippen molar-refractivity contribution in [2.75, 3.05) is 7.11 Å². The van der Waals surface area contributed by atoms with E-state index in [0.29, 0.717) is 32.4 Å². The van der Waals surface area contributed by atoms with Crippen molar-refractivity contribution >= 4 is 38.8 Å². The highest BCUT2D eigenvalue weighted by molar-refractivity contribution is 7.17. The van der Waals surface area contributed by atoms with Crippen LogP contribution in [0.5, 0.6) is 5.75 Å². The van der Waals surface area contributed by atoms with E-state index in [1.54, 1.807) is 37.4 Å². The third-order valence-electron chi connectivity index (χ3n) is 5.35. The molecule has 0 aliphatic carbocycles. The lowest BCUT2D eigenvalue weighted by Crippen LogP contribution is -2.06. The van der Waals surface area contributed by atoms with Gasteiger partial charge in [0.05, 0.1) is 29.3 Å². The number of thiophene rings is 1. The third-order valence-corrected chi connectivity index (χ3v) is 6.58. The van der Waals surface area contributed by atoms with E-state index in [1.807, 2.05) is 24.4 Å². The molecular weight excluding hydrogens is 449 g/mol. The summed E-state index contributed by atoms with van der Waals surface area (Å²) in [6, 6.07) is 13.5. The van der Waals surface area contributed by atoms with Gasteiger partial charge < -0.3 is 9.84 Å². The quantitative estimate of drug-likeness (QED) is 0.303. The average molecular weight is 470 g/mol. The van der Waals surface area contributed by atoms with Crippen molar-refractivity contribution in [1.82, 2.24) is 4.98 Å². The summed E-state index contributed by atoms with van der Waals surface area (Å²) >= 11 is 7.59. The lowest BCUT2D eigenvalue weighted by atomic mass is 10.0. The fourth-order valence-electron chi connectivity index (χ4n) is 3.60. The number of ether oxygens (including phenoxy) is 1. The summed E-state index contributed by atoms with van der Waals surface area (Å²) in [5.41, 5.74) is 3.16. The second-order valence-electron chi connectivity index (χ2n) is 7.52. The second-order valence-corrected chi connectivity index (χ2v) is 8.84. The van der Waals surface area contributed by atoms with Gasteiger partial charge in [0, 0.05) is 33.3 Å². The van der Waals surface area contributed by atoms with Crippen molar-refractivity contribution in [2.45, 2.75) is 25.9 Å². The monoisotopic (exact) mass is 469 g/mol. The Kier molecular flexibility index (Phi) is 6.55. The summed E-state index contributed by atoms with van der Waals surface area (Å²) in [7, 11) is 1.56. The maximum Gasteiger partial charge on any atom is 0.163 e. The van der Waals surface area contributed by atoms with Gasteiger partial charge >= 0.3 is 0 Å². The van der Waals surface area contributed by atoms with Gasteiger partial charge in [-0.2, -0.15) is 0 Å². The number of nitrogens with zero attached hydrogens (tertiary/aromatic N) is 1. The lowest BCUT2D eigenvalue weighted by molar-refractivity contribution is 0.0937. The van der Waals surface area contributed by atoms with Gasteiger partial charge in [0.15, 0.2) is 5.78 Å². The van der Waals surface area contributed by atoms with E-state index in [2.05, 4.69) is 4.98 Å². The van der Waals surface area contributed by atoms with Gasteiger partial charge in [-0.15, -0.1) is 11.3 Å². The zero-order valence-electron chi connectivity index (χ0n) is 17.6. The number of carbonyl (C=O) groups is 1. The van der Waals surface area contributed by atoms with Crippen molar-refractivity contribution in [3.63, 3.8) is 0 Å². The van der Waals surface area contributed by atoms with Gasteiger partial charge in [0.1, 0.15) is 11.6 Å². The summed E-state index contributed by atoms with van der Waals surface area (Å²) in [6.07, 6.45) is -0.630. The van der Waals surface area contributed by atoms with Crippen LogP contribution in [0.4, 0.5) is 4.39 Å². The maximum atomic E-state index is 14.1. The highest BCUT2D eigenvalue weighted by atomic mass is 35.5. The van der Waals surface area contributed by atoms with E-state index in [9.17, 15) is 14.3 Å². The number of rotatable bonds is 7. The number of ketones is 1. The molecule has 0 saturated heterocycles. The summed E-state index contributed by atoms with van der Waals surface area (Å²) in [5, 5.41) is 13.7. The van der Waals surface area contributed by atoms with Gasteiger partial charge in [0.2, 0.25) is 0 Å². The molecule has 4 nitrogen and oxygen atoms in total. The molecule has 1 atom stereocenters. The summed E-state index contributed by atoms with van der Waals surface area (Å²) in [6.45, 7) is 1.91. The molecule has 2 aromatic heterocycles. The Labute approximate surface area is 194 Å². The molecule has 0 aliphatic rings. The van der Waals surface area contributed by atoms with Gasteiger partial charge in [0.25, 0.3) is 0 Å². The van der Waals surface area contributed by atoms with E-state index < -0.39 is 6.10 Å². The largest absolute Gasteiger partial charge is 0.496 e. The summed E-state index contributed by atoms with van der Waals surface area (Å²) in [4.78, 5) is 17.2. The first-order valence-electron chi connectivity index (χ1n) is 10.1. The second kappa shape index (κ2) is 9.36. The van der Waals surface area contributed by atoms with Crippen LogP contribution in [0.15, 0.2) is 53.9 Å². The number of methoxy groups -OCH3 is 1. The zero-order chi connectivity index (χ0) is 22.8. The minimum Gasteiger partial charge on any atom is -0.496 e. The minimum atomic E-state index is -0.967. The molecule has 4 aromatic rings. The molecular formula is C25H21ClFNO3S. The highest BCUT2D eigenvalue weighted by Gasteiger charge is 2.18. The Balaban J connectivity index is 1.54. The number of pyridine rings is 1. The molecule has 2 heterocycles. The molecule has 4 rings (SSSR count). The molecule has 0 radical (unpaired) electrons. The number of aromatic nitrogens is 1. The number of carbonyl (C=O) groups excluding carboxylic acids is 1. The molecule has 0 amide bonds. The van der Waals surface area contributed by atoms with E-state index in [-0.39, 0.29) is 24.4 Å². The molecule has 1 unspecified atom stereocenters. The van der Waals surface area contributed by atoms with Gasteiger partial charge in [-0.05, 0) is 43.2 Å². The molecule has 0 aliphatic heterocycles. The number of fused-ring (bicyclic) bond motifs is 1. The Morgan fingerprint density at radius 2 is 2.06 bits per heavy atom. The summed E-state index contributed by atoms with van der Waals surface area (Å²) < 4.78 is 19.9. The number of hydrogen-bond acceptors (Lipinski definition) is 5. The number of aryl methyl sites for hydroxylation is 1. The maximum absolute atomic E-state index is 14.1.